The lowest BCUT2D eigenvalue weighted by Crippen LogP contribution is -2.27. The van der Waals surface area contributed by atoms with Gasteiger partial charge in [0.2, 0.25) is 5.89 Å². The van der Waals surface area contributed by atoms with Crippen LogP contribution in [-0.4, -0.2) is 11.0 Å². The number of benzene rings is 1. The fourth-order valence-electron chi connectivity index (χ4n) is 2.15. The molecule has 0 radical (unpaired) electrons. The Morgan fingerprint density at radius 2 is 2.18 bits per heavy atom. The van der Waals surface area contributed by atoms with Crippen molar-refractivity contribution in [1.82, 2.24) is 4.98 Å². The first kappa shape index (κ1) is 11.0. The predicted molar refractivity (Wildman–Crippen MR) is 69.6 cm³/mol. The van der Waals surface area contributed by atoms with Crippen LogP contribution in [-0.2, 0) is 12.8 Å². The zero-order valence-electron chi connectivity index (χ0n) is 9.32. The van der Waals surface area contributed by atoms with Crippen LogP contribution in [0.2, 0.25) is 0 Å². The van der Waals surface area contributed by atoms with Gasteiger partial charge in [0.05, 0.1) is 11.3 Å². The van der Waals surface area contributed by atoms with Crippen molar-refractivity contribution >= 4 is 15.9 Å². The molecule has 2 N–H and O–H groups in total. The van der Waals surface area contributed by atoms with Crippen LogP contribution >= 0.6 is 15.9 Å². The molecule has 1 atom stereocenters. The topological polar surface area (TPSA) is 52.0 Å². The molecule has 3 nitrogen and oxygen atoms in total. The Bertz CT molecular complexity index is 550. The van der Waals surface area contributed by atoms with Crippen LogP contribution in [0.3, 0.4) is 0 Å². The molecular weight excluding hydrogens is 280 g/mol. The van der Waals surface area contributed by atoms with E-state index in [2.05, 4.69) is 20.9 Å². The SMILES string of the molecule is NC1CCc2oc(-c3ccccc3Br)nc2C1. The summed E-state index contributed by atoms with van der Waals surface area (Å²) < 4.78 is 6.83. The molecule has 1 unspecified atom stereocenters. The van der Waals surface area contributed by atoms with E-state index in [0.717, 1.165) is 40.8 Å². The van der Waals surface area contributed by atoms with Crippen molar-refractivity contribution in [3.63, 3.8) is 0 Å². The summed E-state index contributed by atoms with van der Waals surface area (Å²) in [6, 6.07) is 8.17. The molecule has 1 aromatic carbocycles. The van der Waals surface area contributed by atoms with E-state index in [1.54, 1.807) is 0 Å². The molecule has 0 fully saturated rings. The molecule has 1 aliphatic carbocycles. The van der Waals surface area contributed by atoms with E-state index in [1.807, 2.05) is 24.3 Å². The van der Waals surface area contributed by atoms with Gasteiger partial charge in [-0.05, 0) is 34.5 Å². The molecule has 0 aliphatic heterocycles. The summed E-state index contributed by atoms with van der Waals surface area (Å²) in [5.74, 6) is 1.69. The minimum atomic E-state index is 0.222. The molecule has 0 bridgehead atoms. The van der Waals surface area contributed by atoms with Gasteiger partial charge in [-0.2, -0.15) is 0 Å². The number of oxazole rings is 1. The number of hydrogen-bond donors (Lipinski definition) is 1. The third kappa shape index (κ3) is 2.03. The molecule has 2 aromatic rings. The van der Waals surface area contributed by atoms with Gasteiger partial charge in [-0.15, -0.1) is 0 Å². The summed E-state index contributed by atoms with van der Waals surface area (Å²) in [5, 5.41) is 0. The van der Waals surface area contributed by atoms with Gasteiger partial charge in [-0.25, -0.2) is 4.98 Å². The van der Waals surface area contributed by atoms with Crippen LogP contribution in [0.4, 0.5) is 0 Å². The predicted octanol–water partition coefficient (Wildman–Crippen LogP) is 2.92. The highest BCUT2D eigenvalue weighted by Gasteiger charge is 2.22. The van der Waals surface area contributed by atoms with E-state index in [4.69, 9.17) is 10.2 Å². The van der Waals surface area contributed by atoms with Crippen molar-refractivity contribution < 1.29 is 4.42 Å². The lowest BCUT2D eigenvalue weighted by Gasteiger charge is -2.14. The number of aryl methyl sites for hydroxylation is 1. The second-order valence-corrected chi connectivity index (χ2v) is 5.23. The number of nitrogens with zero attached hydrogens (tertiary/aromatic N) is 1. The lowest BCUT2D eigenvalue weighted by molar-refractivity contribution is 0.463. The number of aromatic nitrogens is 1. The fourth-order valence-corrected chi connectivity index (χ4v) is 2.61. The molecule has 1 aliphatic rings. The zero-order valence-corrected chi connectivity index (χ0v) is 10.9. The third-order valence-corrected chi connectivity index (χ3v) is 3.77. The first-order valence-electron chi connectivity index (χ1n) is 5.73. The Morgan fingerprint density at radius 3 is 3.00 bits per heavy atom. The smallest absolute Gasteiger partial charge is 0.227 e. The van der Waals surface area contributed by atoms with Gasteiger partial charge in [0, 0.05) is 23.4 Å². The van der Waals surface area contributed by atoms with E-state index in [-0.39, 0.29) is 6.04 Å². The summed E-state index contributed by atoms with van der Waals surface area (Å²) in [7, 11) is 0. The third-order valence-electron chi connectivity index (χ3n) is 3.08. The van der Waals surface area contributed by atoms with E-state index < -0.39 is 0 Å². The highest BCUT2D eigenvalue weighted by Crippen LogP contribution is 2.31. The van der Waals surface area contributed by atoms with Gasteiger partial charge in [0.15, 0.2) is 0 Å². The van der Waals surface area contributed by atoms with Crippen molar-refractivity contribution in [2.24, 2.45) is 5.73 Å². The minimum Gasteiger partial charge on any atom is -0.441 e. The summed E-state index contributed by atoms with van der Waals surface area (Å²) in [4.78, 5) is 4.56. The van der Waals surface area contributed by atoms with Crippen molar-refractivity contribution in [3.05, 3.63) is 40.2 Å². The van der Waals surface area contributed by atoms with Crippen molar-refractivity contribution in [3.8, 4) is 11.5 Å². The number of nitrogens with two attached hydrogens (primary N) is 1. The number of rotatable bonds is 1. The number of halogens is 1. The van der Waals surface area contributed by atoms with Gasteiger partial charge in [0.25, 0.3) is 0 Å². The Labute approximate surface area is 108 Å². The Kier molecular flexibility index (Phi) is 2.76. The normalized spacial score (nSPS) is 19.1. The first-order chi connectivity index (χ1) is 8.24. The van der Waals surface area contributed by atoms with E-state index in [9.17, 15) is 0 Å². The highest BCUT2D eigenvalue weighted by molar-refractivity contribution is 9.10. The first-order valence-corrected chi connectivity index (χ1v) is 6.52. The Hall–Kier alpha value is -1.13. The lowest BCUT2D eigenvalue weighted by atomic mass is 9.98. The second-order valence-electron chi connectivity index (χ2n) is 4.37. The second kappa shape index (κ2) is 4.27. The number of hydrogen-bond acceptors (Lipinski definition) is 3. The molecule has 1 heterocycles. The van der Waals surface area contributed by atoms with Crippen molar-refractivity contribution in [2.45, 2.75) is 25.3 Å². The van der Waals surface area contributed by atoms with Crippen LogP contribution in [0.1, 0.15) is 17.9 Å². The molecule has 1 aromatic heterocycles. The average Bonchev–Trinajstić information content (AvgIpc) is 2.72. The summed E-state index contributed by atoms with van der Waals surface area (Å²) in [6.07, 6.45) is 2.70. The van der Waals surface area contributed by atoms with Gasteiger partial charge in [0.1, 0.15) is 5.76 Å². The van der Waals surface area contributed by atoms with Crippen LogP contribution in [0.25, 0.3) is 11.5 Å². The van der Waals surface area contributed by atoms with E-state index in [1.165, 1.54) is 0 Å². The minimum absolute atomic E-state index is 0.222. The molecule has 0 saturated carbocycles. The van der Waals surface area contributed by atoms with Gasteiger partial charge in [-0.3, -0.25) is 0 Å². The van der Waals surface area contributed by atoms with Crippen molar-refractivity contribution in [1.29, 1.82) is 0 Å². The molecular formula is C13H13BrN2O. The molecule has 0 saturated heterocycles. The van der Waals surface area contributed by atoms with Crippen LogP contribution in [0.15, 0.2) is 33.2 Å². The molecule has 3 rings (SSSR count). The van der Waals surface area contributed by atoms with Gasteiger partial charge in [-0.1, -0.05) is 12.1 Å². The highest BCUT2D eigenvalue weighted by atomic mass is 79.9. The molecule has 88 valence electrons. The quantitative estimate of drug-likeness (QED) is 0.879. The average molecular weight is 293 g/mol. The van der Waals surface area contributed by atoms with Gasteiger partial charge >= 0.3 is 0 Å². The molecule has 4 heteroatoms. The van der Waals surface area contributed by atoms with Crippen LogP contribution < -0.4 is 5.73 Å². The Balaban J connectivity index is 2.03. The van der Waals surface area contributed by atoms with Crippen LogP contribution in [0.5, 0.6) is 0 Å². The summed E-state index contributed by atoms with van der Waals surface area (Å²) >= 11 is 3.51. The van der Waals surface area contributed by atoms with E-state index >= 15 is 0 Å². The maximum absolute atomic E-state index is 5.94. The maximum atomic E-state index is 5.94. The number of fused-ring (bicyclic) bond motifs is 1. The largest absolute Gasteiger partial charge is 0.441 e. The fraction of sp³-hybridized carbons (Fsp3) is 0.308. The summed E-state index contributed by atoms with van der Waals surface area (Å²) in [6.45, 7) is 0. The standard InChI is InChI=1S/C13H13BrN2O/c14-10-4-2-1-3-9(10)13-16-11-7-8(15)5-6-12(11)17-13/h1-4,8H,5-7,15H2. The molecule has 17 heavy (non-hydrogen) atoms. The monoisotopic (exact) mass is 292 g/mol. The van der Waals surface area contributed by atoms with Gasteiger partial charge < -0.3 is 10.2 Å². The van der Waals surface area contributed by atoms with Crippen molar-refractivity contribution in [2.75, 3.05) is 0 Å². The Morgan fingerprint density at radius 1 is 1.35 bits per heavy atom. The molecule has 0 spiro atoms. The zero-order chi connectivity index (χ0) is 11.8. The summed E-state index contributed by atoms with van der Waals surface area (Å²) in [5.41, 5.74) is 7.95. The molecule has 0 amide bonds. The maximum Gasteiger partial charge on any atom is 0.227 e. The van der Waals surface area contributed by atoms with Crippen LogP contribution in [0, 0.1) is 0 Å². The van der Waals surface area contributed by atoms with E-state index in [0.29, 0.717) is 5.89 Å².